The van der Waals surface area contributed by atoms with Crippen LogP contribution in [0.2, 0.25) is 5.02 Å². The maximum Gasteiger partial charge on any atom is 0.325 e. The van der Waals surface area contributed by atoms with Crippen molar-refractivity contribution in [1.29, 1.82) is 0 Å². The first-order valence-electron chi connectivity index (χ1n) is 8.29. The Labute approximate surface area is 155 Å². The maximum absolute atomic E-state index is 12.7. The summed E-state index contributed by atoms with van der Waals surface area (Å²) in [6.07, 6.45) is 0.556. The van der Waals surface area contributed by atoms with E-state index >= 15 is 0 Å². The van der Waals surface area contributed by atoms with Gasteiger partial charge in [-0.15, -0.1) is 0 Å². The van der Waals surface area contributed by atoms with E-state index in [0.29, 0.717) is 23.6 Å². The Bertz CT molecular complexity index is 897. The molecular weight excluding hydrogens is 354 g/mol. The molecule has 0 aliphatic carbocycles. The molecule has 6 nitrogen and oxygen atoms in total. The lowest BCUT2D eigenvalue weighted by molar-refractivity contribution is -0.128. The molecule has 0 aromatic heterocycles. The van der Waals surface area contributed by atoms with Gasteiger partial charge in [0.05, 0.1) is 6.54 Å². The van der Waals surface area contributed by atoms with Gasteiger partial charge in [-0.1, -0.05) is 35.9 Å². The van der Waals surface area contributed by atoms with Gasteiger partial charge in [-0.05, 0) is 35.4 Å². The second kappa shape index (κ2) is 6.46. The number of nitrogens with zero attached hydrogens (tertiary/aromatic N) is 2. The van der Waals surface area contributed by atoms with Crippen LogP contribution in [-0.2, 0) is 16.1 Å². The molecule has 1 N–H and O–H groups in total. The van der Waals surface area contributed by atoms with Crippen molar-refractivity contribution in [2.45, 2.75) is 19.0 Å². The number of carbonyl (C=O) groups excluding carboxylic acids is 3. The Morgan fingerprint density at radius 1 is 1.08 bits per heavy atom. The molecule has 2 heterocycles. The molecule has 4 amide bonds. The predicted molar refractivity (Wildman–Crippen MR) is 96.7 cm³/mol. The number of halogens is 1. The van der Waals surface area contributed by atoms with E-state index in [4.69, 9.17) is 11.6 Å². The van der Waals surface area contributed by atoms with E-state index in [-0.39, 0.29) is 18.4 Å². The van der Waals surface area contributed by atoms with Crippen molar-refractivity contribution in [3.63, 3.8) is 0 Å². The minimum absolute atomic E-state index is 0.0833. The van der Waals surface area contributed by atoms with E-state index < -0.39 is 12.1 Å². The molecule has 26 heavy (non-hydrogen) atoms. The lowest BCUT2D eigenvalue weighted by atomic mass is 10.1. The third-order valence-corrected chi connectivity index (χ3v) is 4.89. The van der Waals surface area contributed by atoms with Gasteiger partial charge in [0.1, 0.15) is 6.04 Å². The lowest BCUT2D eigenvalue weighted by Crippen LogP contribution is -2.43. The van der Waals surface area contributed by atoms with Crippen LogP contribution < -0.4 is 10.2 Å². The predicted octanol–water partition coefficient (Wildman–Crippen LogP) is 2.87. The van der Waals surface area contributed by atoms with Crippen molar-refractivity contribution in [3.05, 3.63) is 64.7 Å². The Hall–Kier alpha value is -2.86. The minimum Gasteiger partial charge on any atom is -0.322 e. The third-order valence-electron chi connectivity index (χ3n) is 4.64. The first kappa shape index (κ1) is 16.6. The van der Waals surface area contributed by atoms with E-state index in [0.717, 1.165) is 11.3 Å². The molecule has 7 heteroatoms. The molecule has 2 aliphatic rings. The standard InChI is InChI=1S/C19H16ClN3O3/c20-14-6-4-13(5-7-14)17-18(25)23(19(26)21-17)11-12-2-1-3-15(10-12)22-9-8-16(22)24/h1-7,10,17H,8-9,11H2,(H,21,26). The van der Waals surface area contributed by atoms with Crippen molar-refractivity contribution in [1.82, 2.24) is 10.2 Å². The number of amides is 4. The van der Waals surface area contributed by atoms with Crippen molar-refractivity contribution in [3.8, 4) is 0 Å². The second-order valence-electron chi connectivity index (χ2n) is 6.32. The van der Waals surface area contributed by atoms with Crippen molar-refractivity contribution in [2.24, 2.45) is 0 Å². The first-order chi connectivity index (χ1) is 12.5. The molecule has 2 aromatic carbocycles. The van der Waals surface area contributed by atoms with Crippen LogP contribution >= 0.6 is 11.6 Å². The topological polar surface area (TPSA) is 69.7 Å². The average molecular weight is 370 g/mol. The van der Waals surface area contributed by atoms with Gasteiger partial charge in [0.25, 0.3) is 5.91 Å². The van der Waals surface area contributed by atoms with E-state index in [9.17, 15) is 14.4 Å². The number of nitrogens with one attached hydrogen (secondary N) is 1. The zero-order valence-electron chi connectivity index (χ0n) is 13.8. The van der Waals surface area contributed by atoms with Crippen LogP contribution in [0.4, 0.5) is 10.5 Å². The Morgan fingerprint density at radius 2 is 1.85 bits per heavy atom. The molecular formula is C19H16ClN3O3. The largest absolute Gasteiger partial charge is 0.325 e. The van der Waals surface area contributed by atoms with Gasteiger partial charge in [-0.3, -0.25) is 14.5 Å². The van der Waals surface area contributed by atoms with Crippen LogP contribution in [0.15, 0.2) is 48.5 Å². The SMILES string of the molecule is O=C1NC(c2ccc(Cl)cc2)C(=O)N1Cc1cccc(N2CCC2=O)c1. The zero-order valence-corrected chi connectivity index (χ0v) is 14.6. The molecule has 0 bridgehead atoms. The third kappa shape index (κ3) is 2.93. The number of rotatable bonds is 4. The molecule has 0 radical (unpaired) electrons. The smallest absolute Gasteiger partial charge is 0.322 e. The Morgan fingerprint density at radius 3 is 2.50 bits per heavy atom. The van der Waals surface area contributed by atoms with Crippen molar-refractivity contribution >= 4 is 35.1 Å². The molecule has 2 aliphatic heterocycles. The minimum atomic E-state index is -0.708. The summed E-state index contributed by atoms with van der Waals surface area (Å²) < 4.78 is 0. The number of hydrogen-bond acceptors (Lipinski definition) is 3. The Kier molecular flexibility index (Phi) is 4.12. The highest BCUT2D eigenvalue weighted by molar-refractivity contribution is 6.30. The highest BCUT2D eigenvalue weighted by atomic mass is 35.5. The summed E-state index contributed by atoms with van der Waals surface area (Å²) in [7, 11) is 0. The average Bonchev–Trinajstić information content (AvgIpc) is 2.90. The number of benzene rings is 2. The molecule has 0 spiro atoms. The fraction of sp³-hybridized carbons (Fsp3) is 0.211. The molecule has 1 unspecified atom stereocenters. The fourth-order valence-electron chi connectivity index (χ4n) is 3.14. The van der Waals surface area contributed by atoms with Crippen molar-refractivity contribution < 1.29 is 14.4 Å². The summed E-state index contributed by atoms with van der Waals surface area (Å²) in [6.45, 7) is 0.856. The maximum atomic E-state index is 12.7. The van der Waals surface area contributed by atoms with Gasteiger partial charge in [-0.25, -0.2) is 4.79 Å². The number of carbonyl (C=O) groups is 3. The molecule has 2 aromatic rings. The van der Waals surface area contributed by atoms with Crippen LogP contribution in [0.5, 0.6) is 0 Å². The van der Waals surface area contributed by atoms with E-state index in [1.165, 1.54) is 4.90 Å². The van der Waals surface area contributed by atoms with Crippen LogP contribution in [0.3, 0.4) is 0 Å². The van der Waals surface area contributed by atoms with Gasteiger partial charge >= 0.3 is 6.03 Å². The van der Waals surface area contributed by atoms with Crippen LogP contribution in [-0.4, -0.2) is 29.3 Å². The van der Waals surface area contributed by atoms with Crippen LogP contribution in [0.1, 0.15) is 23.6 Å². The highest BCUT2D eigenvalue weighted by Crippen LogP contribution is 2.27. The molecule has 1 atom stereocenters. The fourth-order valence-corrected chi connectivity index (χ4v) is 3.27. The second-order valence-corrected chi connectivity index (χ2v) is 6.76. The monoisotopic (exact) mass is 369 g/mol. The van der Waals surface area contributed by atoms with Gasteiger partial charge in [0, 0.05) is 23.7 Å². The van der Waals surface area contributed by atoms with E-state index in [2.05, 4.69) is 5.32 Å². The number of β-lactam (4-membered cyclic amide) rings is 1. The molecule has 2 saturated heterocycles. The van der Waals surface area contributed by atoms with Crippen molar-refractivity contribution in [2.75, 3.05) is 11.4 Å². The zero-order chi connectivity index (χ0) is 18.3. The van der Waals surface area contributed by atoms with Gasteiger partial charge in [-0.2, -0.15) is 0 Å². The summed E-state index contributed by atoms with van der Waals surface area (Å²) in [5.74, 6) is -0.220. The van der Waals surface area contributed by atoms with Gasteiger partial charge in [0.2, 0.25) is 5.91 Å². The first-order valence-corrected chi connectivity index (χ1v) is 8.67. The summed E-state index contributed by atoms with van der Waals surface area (Å²) in [6, 6.07) is 13.0. The summed E-state index contributed by atoms with van der Waals surface area (Å²) in [5, 5.41) is 3.28. The number of hydrogen-bond donors (Lipinski definition) is 1. The molecule has 0 saturated carbocycles. The normalized spacial score (nSPS) is 19.6. The number of urea groups is 1. The van der Waals surface area contributed by atoms with Gasteiger partial charge in [0.15, 0.2) is 0 Å². The quantitative estimate of drug-likeness (QED) is 0.665. The summed E-state index contributed by atoms with van der Waals surface area (Å²) in [5.41, 5.74) is 2.28. The van der Waals surface area contributed by atoms with E-state index in [1.807, 2.05) is 24.3 Å². The molecule has 4 rings (SSSR count). The van der Waals surface area contributed by atoms with E-state index in [1.54, 1.807) is 29.2 Å². The summed E-state index contributed by atoms with van der Waals surface area (Å²) in [4.78, 5) is 39.5. The van der Waals surface area contributed by atoms with Crippen LogP contribution in [0.25, 0.3) is 0 Å². The number of imide groups is 1. The van der Waals surface area contributed by atoms with Gasteiger partial charge < -0.3 is 10.2 Å². The van der Waals surface area contributed by atoms with Crippen LogP contribution in [0, 0.1) is 0 Å². The lowest BCUT2D eigenvalue weighted by Gasteiger charge is -2.31. The highest BCUT2D eigenvalue weighted by Gasteiger charge is 2.38. The number of anilines is 1. The summed E-state index contributed by atoms with van der Waals surface area (Å²) >= 11 is 5.88. The molecule has 2 fully saturated rings. The molecule has 132 valence electrons. The Balaban J connectivity index is 1.52.